The lowest BCUT2D eigenvalue weighted by atomic mass is 9.81. The molecule has 4 nitrogen and oxygen atoms in total. The van der Waals surface area contributed by atoms with Crippen LogP contribution < -0.4 is 5.32 Å². The maximum absolute atomic E-state index is 4.61. The van der Waals surface area contributed by atoms with Gasteiger partial charge in [-0.15, -0.1) is 0 Å². The summed E-state index contributed by atoms with van der Waals surface area (Å²) in [5, 5.41) is 11.3. The highest BCUT2D eigenvalue weighted by atomic mass is 15.3. The lowest BCUT2D eigenvalue weighted by Crippen LogP contribution is -2.32. The Morgan fingerprint density at radius 1 is 1.39 bits per heavy atom. The fourth-order valence-electron chi connectivity index (χ4n) is 3.54. The molecule has 2 aliphatic rings. The molecule has 0 atom stereocenters. The Hall–Kier alpha value is -2.23. The van der Waals surface area contributed by atoms with Crippen LogP contribution in [0.15, 0.2) is 36.7 Å². The molecule has 1 saturated carbocycles. The minimum Gasteiger partial charge on any atom is -0.354 e. The second kappa shape index (κ2) is 5.76. The van der Waals surface area contributed by atoms with E-state index in [4.69, 9.17) is 0 Å². The fraction of sp³-hybridized carbons (Fsp3) is 0.421. The van der Waals surface area contributed by atoms with Gasteiger partial charge in [-0.25, -0.2) is 0 Å². The quantitative estimate of drug-likeness (QED) is 0.899. The van der Waals surface area contributed by atoms with Crippen molar-refractivity contribution in [3.05, 3.63) is 59.2 Å². The second-order valence-corrected chi connectivity index (χ2v) is 6.81. The average Bonchev–Trinajstić information content (AvgIpc) is 2.88. The molecule has 0 amide bonds. The van der Waals surface area contributed by atoms with Crippen LogP contribution in [0.5, 0.6) is 0 Å². The van der Waals surface area contributed by atoms with Gasteiger partial charge in [0.25, 0.3) is 0 Å². The molecule has 0 saturated heterocycles. The third-order valence-corrected chi connectivity index (χ3v) is 5.15. The number of aromatic nitrogens is 2. The van der Waals surface area contributed by atoms with Crippen LogP contribution in [0.25, 0.3) is 0 Å². The summed E-state index contributed by atoms with van der Waals surface area (Å²) in [6, 6.07) is 8.42. The number of anilines is 1. The SMILES string of the molecule is C=C(Nc1cccc(C)c1)N1CCc2[nH]nc(C3CCC3)c2C1. The smallest absolute Gasteiger partial charge is 0.0986 e. The average molecular weight is 308 g/mol. The van der Waals surface area contributed by atoms with E-state index >= 15 is 0 Å². The van der Waals surface area contributed by atoms with E-state index in [1.54, 1.807) is 0 Å². The van der Waals surface area contributed by atoms with Gasteiger partial charge in [-0.1, -0.05) is 25.1 Å². The molecular formula is C19H24N4. The van der Waals surface area contributed by atoms with E-state index < -0.39 is 0 Å². The van der Waals surface area contributed by atoms with Crippen molar-refractivity contribution in [3.8, 4) is 0 Å². The van der Waals surface area contributed by atoms with Gasteiger partial charge in [0.05, 0.1) is 11.5 Å². The Morgan fingerprint density at radius 2 is 2.26 bits per heavy atom. The molecule has 0 radical (unpaired) electrons. The Morgan fingerprint density at radius 3 is 3.00 bits per heavy atom. The summed E-state index contributed by atoms with van der Waals surface area (Å²) in [4.78, 5) is 2.34. The van der Waals surface area contributed by atoms with Crippen molar-refractivity contribution in [2.75, 3.05) is 11.9 Å². The number of aryl methyl sites for hydroxylation is 1. The van der Waals surface area contributed by atoms with E-state index in [2.05, 4.69) is 58.2 Å². The molecule has 4 heteroatoms. The molecule has 1 fully saturated rings. The van der Waals surface area contributed by atoms with Crippen LogP contribution in [-0.4, -0.2) is 21.6 Å². The summed E-state index contributed by atoms with van der Waals surface area (Å²) < 4.78 is 0. The van der Waals surface area contributed by atoms with Crippen molar-refractivity contribution >= 4 is 5.69 Å². The first-order chi connectivity index (χ1) is 11.2. The molecule has 0 unspecified atom stereocenters. The first kappa shape index (κ1) is 14.4. The van der Waals surface area contributed by atoms with Gasteiger partial charge in [0.15, 0.2) is 0 Å². The molecular weight excluding hydrogens is 284 g/mol. The third kappa shape index (κ3) is 2.74. The number of aromatic amines is 1. The second-order valence-electron chi connectivity index (χ2n) is 6.81. The molecule has 120 valence electrons. The number of nitrogens with zero attached hydrogens (tertiary/aromatic N) is 2. The topological polar surface area (TPSA) is 44.0 Å². The summed E-state index contributed by atoms with van der Waals surface area (Å²) in [6.45, 7) is 8.26. The molecule has 23 heavy (non-hydrogen) atoms. The Balaban J connectivity index is 1.48. The largest absolute Gasteiger partial charge is 0.354 e. The molecule has 2 aromatic rings. The van der Waals surface area contributed by atoms with E-state index in [0.29, 0.717) is 5.92 Å². The third-order valence-electron chi connectivity index (χ3n) is 5.15. The normalized spacial score (nSPS) is 17.5. The Bertz CT molecular complexity index is 727. The molecule has 0 spiro atoms. The summed E-state index contributed by atoms with van der Waals surface area (Å²) in [5.41, 5.74) is 6.40. The molecule has 2 N–H and O–H groups in total. The molecule has 1 aromatic heterocycles. The van der Waals surface area contributed by atoms with Gasteiger partial charge in [0, 0.05) is 42.4 Å². The number of hydrogen-bond donors (Lipinski definition) is 2. The van der Waals surface area contributed by atoms with E-state index in [-0.39, 0.29) is 0 Å². The van der Waals surface area contributed by atoms with Crippen LogP contribution in [0.1, 0.15) is 47.7 Å². The van der Waals surface area contributed by atoms with Crippen LogP contribution in [0.2, 0.25) is 0 Å². The van der Waals surface area contributed by atoms with Crippen molar-refractivity contribution in [3.63, 3.8) is 0 Å². The number of H-pyrrole nitrogens is 1. The minimum atomic E-state index is 0.674. The van der Waals surface area contributed by atoms with Gasteiger partial charge < -0.3 is 10.2 Å². The van der Waals surface area contributed by atoms with Crippen molar-refractivity contribution < 1.29 is 0 Å². The predicted molar refractivity (Wildman–Crippen MR) is 93.2 cm³/mol. The molecule has 1 aliphatic carbocycles. The number of rotatable bonds is 4. The minimum absolute atomic E-state index is 0.674. The van der Waals surface area contributed by atoms with Crippen LogP contribution in [0, 0.1) is 6.92 Å². The highest BCUT2D eigenvalue weighted by Crippen LogP contribution is 2.39. The molecule has 1 aromatic carbocycles. The van der Waals surface area contributed by atoms with Gasteiger partial charge >= 0.3 is 0 Å². The zero-order valence-electron chi connectivity index (χ0n) is 13.7. The van der Waals surface area contributed by atoms with Crippen LogP contribution in [-0.2, 0) is 13.0 Å². The van der Waals surface area contributed by atoms with E-state index in [0.717, 1.165) is 31.0 Å². The summed E-state index contributed by atoms with van der Waals surface area (Å²) in [7, 11) is 0. The van der Waals surface area contributed by atoms with Crippen molar-refractivity contribution in [2.45, 2.75) is 45.1 Å². The van der Waals surface area contributed by atoms with E-state index in [1.807, 2.05) is 0 Å². The van der Waals surface area contributed by atoms with E-state index in [9.17, 15) is 0 Å². The molecule has 2 heterocycles. The Kier molecular flexibility index (Phi) is 3.60. The maximum atomic E-state index is 4.61. The van der Waals surface area contributed by atoms with Gasteiger partial charge in [-0.2, -0.15) is 5.10 Å². The zero-order chi connectivity index (χ0) is 15.8. The van der Waals surface area contributed by atoms with E-state index in [1.165, 1.54) is 41.8 Å². The number of nitrogens with one attached hydrogen (secondary N) is 2. The first-order valence-electron chi connectivity index (χ1n) is 8.54. The zero-order valence-corrected chi connectivity index (χ0v) is 13.7. The highest BCUT2D eigenvalue weighted by Gasteiger charge is 2.29. The number of hydrogen-bond acceptors (Lipinski definition) is 3. The maximum Gasteiger partial charge on any atom is 0.0986 e. The van der Waals surface area contributed by atoms with Crippen molar-refractivity contribution in [1.29, 1.82) is 0 Å². The standard InChI is InChI=1S/C19H24N4/c1-13-5-3-8-16(11-13)20-14(2)23-10-9-18-17(12-23)19(22-21-18)15-6-4-7-15/h3,5,8,11,15,20H,2,4,6-7,9-10,12H2,1H3,(H,21,22). The number of fused-ring (bicyclic) bond motifs is 1. The van der Waals surface area contributed by atoms with Crippen molar-refractivity contribution in [1.82, 2.24) is 15.1 Å². The molecule has 1 aliphatic heterocycles. The summed E-state index contributed by atoms with van der Waals surface area (Å²) in [5.74, 6) is 1.65. The lowest BCUT2D eigenvalue weighted by molar-refractivity contribution is 0.320. The molecule has 4 rings (SSSR count). The van der Waals surface area contributed by atoms with Gasteiger partial charge in [-0.05, 0) is 37.5 Å². The predicted octanol–water partition coefficient (Wildman–Crippen LogP) is 3.93. The van der Waals surface area contributed by atoms with Gasteiger partial charge in [-0.3, -0.25) is 5.10 Å². The Labute approximate surface area is 137 Å². The van der Waals surface area contributed by atoms with Crippen molar-refractivity contribution in [2.24, 2.45) is 0 Å². The van der Waals surface area contributed by atoms with Crippen LogP contribution in [0.3, 0.4) is 0 Å². The lowest BCUT2D eigenvalue weighted by Gasteiger charge is -2.33. The highest BCUT2D eigenvalue weighted by molar-refractivity contribution is 5.49. The molecule has 0 bridgehead atoms. The number of benzene rings is 1. The first-order valence-corrected chi connectivity index (χ1v) is 8.54. The summed E-state index contributed by atoms with van der Waals surface area (Å²) >= 11 is 0. The summed E-state index contributed by atoms with van der Waals surface area (Å²) in [6.07, 6.45) is 4.95. The van der Waals surface area contributed by atoms with Crippen LogP contribution >= 0.6 is 0 Å². The fourth-order valence-corrected chi connectivity index (χ4v) is 3.54. The van der Waals surface area contributed by atoms with Gasteiger partial charge in [0.2, 0.25) is 0 Å². The van der Waals surface area contributed by atoms with Gasteiger partial charge in [0.1, 0.15) is 0 Å². The van der Waals surface area contributed by atoms with Crippen LogP contribution in [0.4, 0.5) is 5.69 Å². The monoisotopic (exact) mass is 308 g/mol.